The van der Waals surface area contributed by atoms with E-state index in [1.54, 1.807) is 6.07 Å². The van der Waals surface area contributed by atoms with E-state index in [1.165, 1.54) is 12.8 Å². The van der Waals surface area contributed by atoms with E-state index < -0.39 is 0 Å². The molecule has 0 saturated heterocycles. The van der Waals surface area contributed by atoms with Gasteiger partial charge in [-0.3, -0.25) is 4.79 Å². The first-order valence-corrected chi connectivity index (χ1v) is 7.89. The van der Waals surface area contributed by atoms with Crippen LogP contribution in [0.5, 0.6) is 0 Å². The smallest absolute Gasteiger partial charge is 0.255 e. The summed E-state index contributed by atoms with van der Waals surface area (Å²) in [4.78, 5) is 14.4. The SMILES string of the molecule is CC1CCC(N(C)C(=O)c2cccc(Br)c2Cl)CC1. The molecule has 1 aliphatic carbocycles. The Hall–Kier alpha value is -0.540. The zero-order chi connectivity index (χ0) is 14.0. The molecule has 0 N–H and O–H groups in total. The summed E-state index contributed by atoms with van der Waals surface area (Å²) in [6, 6.07) is 5.83. The number of amides is 1. The van der Waals surface area contributed by atoms with Gasteiger partial charge in [0, 0.05) is 17.6 Å². The molecule has 1 aromatic rings. The lowest BCUT2D eigenvalue weighted by molar-refractivity contribution is 0.0679. The van der Waals surface area contributed by atoms with E-state index in [-0.39, 0.29) is 5.91 Å². The zero-order valence-electron chi connectivity index (χ0n) is 11.3. The summed E-state index contributed by atoms with van der Waals surface area (Å²) in [5.74, 6) is 0.806. The molecule has 1 aromatic carbocycles. The number of hydrogen-bond acceptors (Lipinski definition) is 1. The highest BCUT2D eigenvalue weighted by molar-refractivity contribution is 9.10. The molecule has 0 aliphatic heterocycles. The maximum Gasteiger partial charge on any atom is 0.255 e. The summed E-state index contributed by atoms with van der Waals surface area (Å²) in [5.41, 5.74) is 0.581. The van der Waals surface area contributed by atoms with Gasteiger partial charge in [0.25, 0.3) is 5.91 Å². The van der Waals surface area contributed by atoms with Crippen molar-refractivity contribution in [3.8, 4) is 0 Å². The third-order valence-electron chi connectivity index (χ3n) is 4.04. The number of halogens is 2. The normalized spacial score (nSPS) is 23.2. The number of carbonyl (C=O) groups is 1. The molecule has 19 heavy (non-hydrogen) atoms. The first kappa shape index (κ1) is 14.9. The van der Waals surface area contributed by atoms with Gasteiger partial charge in [-0.05, 0) is 59.7 Å². The molecule has 0 atom stereocenters. The molecule has 1 aliphatic rings. The van der Waals surface area contributed by atoms with Crippen LogP contribution in [0.15, 0.2) is 22.7 Å². The van der Waals surface area contributed by atoms with Crippen molar-refractivity contribution < 1.29 is 4.79 Å². The highest BCUT2D eigenvalue weighted by Gasteiger charge is 2.26. The van der Waals surface area contributed by atoms with Gasteiger partial charge in [-0.2, -0.15) is 0 Å². The molecule has 0 aromatic heterocycles. The molecule has 2 nitrogen and oxygen atoms in total. The summed E-state index contributed by atoms with van der Waals surface area (Å²) in [5, 5.41) is 0.503. The van der Waals surface area contributed by atoms with E-state index in [1.807, 2.05) is 24.1 Å². The maximum absolute atomic E-state index is 12.5. The lowest BCUT2D eigenvalue weighted by Crippen LogP contribution is -2.39. The van der Waals surface area contributed by atoms with Gasteiger partial charge in [-0.25, -0.2) is 0 Å². The second-order valence-electron chi connectivity index (χ2n) is 5.43. The average Bonchev–Trinajstić information content (AvgIpc) is 2.41. The van der Waals surface area contributed by atoms with E-state index in [2.05, 4.69) is 22.9 Å². The van der Waals surface area contributed by atoms with Crippen LogP contribution in [0.25, 0.3) is 0 Å². The van der Waals surface area contributed by atoms with Gasteiger partial charge in [0.15, 0.2) is 0 Å². The molecule has 2 rings (SSSR count). The summed E-state index contributed by atoms with van der Waals surface area (Å²) >= 11 is 9.56. The average molecular weight is 345 g/mol. The fourth-order valence-corrected chi connectivity index (χ4v) is 3.23. The Balaban J connectivity index is 2.13. The van der Waals surface area contributed by atoms with Crippen LogP contribution in [0.3, 0.4) is 0 Å². The maximum atomic E-state index is 12.5. The third kappa shape index (κ3) is 3.32. The van der Waals surface area contributed by atoms with E-state index >= 15 is 0 Å². The van der Waals surface area contributed by atoms with Crippen LogP contribution < -0.4 is 0 Å². The largest absolute Gasteiger partial charge is 0.339 e. The molecule has 0 bridgehead atoms. The molecular weight excluding hydrogens is 326 g/mol. The molecule has 0 heterocycles. The summed E-state index contributed by atoms with van der Waals surface area (Å²) in [6.07, 6.45) is 4.59. The Kier molecular flexibility index (Phi) is 4.91. The van der Waals surface area contributed by atoms with Crippen LogP contribution in [0, 0.1) is 5.92 Å². The zero-order valence-corrected chi connectivity index (χ0v) is 13.7. The Bertz CT molecular complexity index is 469. The highest BCUT2D eigenvalue weighted by Crippen LogP contribution is 2.30. The van der Waals surface area contributed by atoms with Crippen LogP contribution in [-0.2, 0) is 0 Å². The summed E-state index contributed by atoms with van der Waals surface area (Å²) < 4.78 is 0.769. The van der Waals surface area contributed by atoms with Crippen molar-refractivity contribution in [3.63, 3.8) is 0 Å². The van der Waals surface area contributed by atoms with E-state index in [4.69, 9.17) is 11.6 Å². The Morgan fingerprint density at radius 2 is 1.95 bits per heavy atom. The van der Waals surface area contributed by atoms with Crippen molar-refractivity contribution in [2.45, 2.75) is 38.6 Å². The van der Waals surface area contributed by atoms with Gasteiger partial charge < -0.3 is 4.90 Å². The molecule has 4 heteroatoms. The van der Waals surface area contributed by atoms with Crippen molar-refractivity contribution in [1.82, 2.24) is 4.90 Å². The number of rotatable bonds is 2. The molecule has 1 amide bonds. The first-order chi connectivity index (χ1) is 9.00. The van der Waals surface area contributed by atoms with Crippen LogP contribution >= 0.6 is 27.5 Å². The fraction of sp³-hybridized carbons (Fsp3) is 0.533. The minimum absolute atomic E-state index is 0.0193. The lowest BCUT2D eigenvalue weighted by atomic mass is 9.86. The number of hydrogen-bond donors (Lipinski definition) is 0. The molecule has 0 spiro atoms. The van der Waals surface area contributed by atoms with Crippen LogP contribution in [0.4, 0.5) is 0 Å². The Morgan fingerprint density at radius 1 is 1.32 bits per heavy atom. The number of nitrogens with zero attached hydrogens (tertiary/aromatic N) is 1. The topological polar surface area (TPSA) is 20.3 Å². The minimum Gasteiger partial charge on any atom is -0.339 e. The first-order valence-electron chi connectivity index (χ1n) is 6.72. The van der Waals surface area contributed by atoms with Gasteiger partial charge in [0.05, 0.1) is 10.6 Å². The lowest BCUT2D eigenvalue weighted by Gasteiger charge is -2.33. The predicted molar refractivity (Wildman–Crippen MR) is 82.7 cm³/mol. The van der Waals surface area contributed by atoms with Crippen molar-refractivity contribution in [3.05, 3.63) is 33.3 Å². The molecule has 0 radical (unpaired) electrons. The van der Waals surface area contributed by atoms with E-state index in [9.17, 15) is 4.79 Å². The highest BCUT2D eigenvalue weighted by atomic mass is 79.9. The second kappa shape index (κ2) is 6.27. The number of benzene rings is 1. The van der Waals surface area contributed by atoms with E-state index in [0.717, 1.165) is 23.2 Å². The van der Waals surface area contributed by atoms with Gasteiger partial charge in [0.2, 0.25) is 0 Å². The standard InChI is InChI=1S/C15H19BrClNO/c1-10-6-8-11(9-7-10)18(2)15(19)12-4-3-5-13(16)14(12)17/h3-5,10-11H,6-9H2,1-2H3. The fourth-order valence-electron chi connectivity index (χ4n) is 2.65. The van der Waals surface area contributed by atoms with Crippen molar-refractivity contribution in [2.24, 2.45) is 5.92 Å². The Morgan fingerprint density at radius 3 is 2.58 bits per heavy atom. The molecule has 104 valence electrons. The summed E-state index contributed by atoms with van der Waals surface area (Å²) in [6.45, 7) is 2.28. The van der Waals surface area contributed by atoms with Gasteiger partial charge >= 0.3 is 0 Å². The van der Waals surface area contributed by atoms with Gasteiger partial charge in [-0.15, -0.1) is 0 Å². The predicted octanol–water partition coefficient (Wildman–Crippen LogP) is 4.75. The second-order valence-corrected chi connectivity index (χ2v) is 6.66. The van der Waals surface area contributed by atoms with Crippen molar-refractivity contribution >= 4 is 33.4 Å². The van der Waals surface area contributed by atoms with Crippen LogP contribution in [0.2, 0.25) is 5.02 Å². The molecule has 1 fully saturated rings. The van der Waals surface area contributed by atoms with Crippen LogP contribution in [0.1, 0.15) is 43.0 Å². The number of carbonyl (C=O) groups excluding carboxylic acids is 1. The third-order valence-corrected chi connectivity index (χ3v) is 5.33. The monoisotopic (exact) mass is 343 g/mol. The Labute approximate surface area is 128 Å². The van der Waals surface area contributed by atoms with Crippen molar-refractivity contribution in [2.75, 3.05) is 7.05 Å². The summed E-state index contributed by atoms with van der Waals surface area (Å²) in [7, 11) is 1.89. The van der Waals surface area contributed by atoms with E-state index in [0.29, 0.717) is 16.6 Å². The quantitative estimate of drug-likeness (QED) is 0.758. The molecule has 1 saturated carbocycles. The minimum atomic E-state index is 0.0193. The van der Waals surface area contributed by atoms with Crippen LogP contribution in [-0.4, -0.2) is 23.9 Å². The molecular formula is C15H19BrClNO. The van der Waals surface area contributed by atoms with Gasteiger partial charge in [-0.1, -0.05) is 24.6 Å². The molecule has 0 unspecified atom stereocenters. The van der Waals surface area contributed by atoms with Gasteiger partial charge in [0.1, 0.15) is 0 Å². The van der Waals surface area contributed by atoms with Crippen molar-refractivity contribution in [1.29, 1.82) is 0 Å².